The average molecular weight is 259 g/mol. The van der Waals surface area contributed by atoms with Crippen molar-refractivity contribution in [2.24, 2.45) is 0 Å². The Balaban J connectivity index is 2.23. The van der Waals surface area contributed by atoms with Gasteiger partial charge in [0.05, 0.1) is 5.69 Å². The van der Waals surface area contributed by atoms with Crippen LogP contribution in [0.1, 0.15) is 16.1 Å². The molecule has 0 unspecified atom stereocenters. The molecule has 0 radical (unpaired) electrons. The molecule has 0 aliphatic carbocycles. The molecule has 1 N–H and O–H groups in total. The quantitative estimate of drug-likeness (QED) is 0.767. The molecule has 5 nitrogen and oxygen atoms in total. The molecule has 90 valence electrons. The van der Waals surface area contributed by atoms with Crippen LogP contribution in [0.15, 0.2) is 29.9 Å². The van der Waals surface area contributed by atoms with Crippen molar-refractivity contribution in [2.75, 3.05) is 0 Å². The van der Waals surface area contributed by atoms with Gasteiger partial charge in [-0.3, -0.25) is 0 Å². The van der Waals surface area contributed by atoms with Crippen molar-refractivity contribution >= 4 is 27.4 Å². The summed E-state index contributed by atoms with van der Waals surface area (Å²) in [6, 6.07) is 3.89. The zero-order valence-corrected chi connectivity index (χ0v) is 10.3. The molecule has 3 aromatic heterocycles. The third-order valence-electron chi connectivity index (χ3n) is 2.71. The Hall–Kier alpha value is -2.21. The fourth-order valence-corrected chi connectivity index (χ4v) is 2.62. The van der Waals surface area contributed by atoms with Gasteiger partial charge in [-0.1, -0.05) is 0 Å². The van der Waals surface area contributed by atoms with Crippen molar-refractivity contribution in [3.05, 3.63) is 41.2 Å². The normalized spacial score (nSPS) is 10.9. The predicted molar refractivity (Wildman–Crippen MR) is 68.4 cm³/mol. The number of carbonyl (C=O) groups is 1. The summed E-state index contributed by atoms with van der Waals surface area (Å²) in [6.45, 7) is 1.67. The summed E-state index contributed by atoms with van der Waals surface area (Å²) in [7, 11) is 0. The highest BCUT2D eigenvalue weighted by Crippen LogP contribution is 2.25. The van der Waals surface area contributed by atoms with Gasteiger partial charge in [0.1, 0.15) is 5.56 Å². The first-order valence-electron chi connectivity index (χ1n) is 5.29. The molecule has 0 fully saturated rings. The minimum absolute atomic E-state index is 0.198. The van der Waals surface area contributed by atoms with Crippen LogP contribution in [0.4, 0.5) is 0 Å². The molecule has 0 aliphatic rings. The maximum Gasteiger partial charge on any atom is 0.339 e. The van der Waals surface area contributed by atoms with Crippen molar-refractivity contribution in [1.29, 1.82) is 0 Å². The van der Waals surface area contributed by atoms with Crippen LogP contribution in [-0.2, 0) is 0 Å². The molecule has 3 aromatic rings. The Morgan fingerprint density at radius 1 is 1.44 bits per heavy atom. The Morgan fingerprint density at radius 2 is 2.28 bits per heavy atom. The summed E-state index contributed by atoms with van der Waals surface area (Å²) in [5.74, 6) is -0.319. The number of aryl methyl sites for hydroxylation is 1. The van der Waals surface area contributed by atoms with Crippen LogP contribution in [0, 0.1) is 6.92 Å². The molecule has 0 saturated heterocycles. The molecule has 0 saturated carbocycles. The summed E-state index contributed by atoms with van der Waals surface area (Å²) >= 11 is 1.62. The fraction of sp³-hybridized carbons (Fsp3) is 0.0833. The summed E-state index contributed by atoms with van der Waals surface area (Å²) in [6.07, 6.45) is 3.20. The number of nitrogens with zero attached hydrogens (tertiary/aromatic N) is 3. The lowest BCUT2D eigenvalue weighted by Gasteiger charge is -2.01. The van der Waals surface area contributed by atoms with Gasteiger partial charge in [-0.05, 0) is 24.4 Å². The highest BCUT2D eigenvalue weighted by Gasteiger charge is 2.14. The first-order chi connectivity index (χ1) is 8.66. The van der Waals surface area contributed by atoms with Gasteiger partial charge in [-0.2, -0.15) is 5.10 Å². The monoisotopic (exact) mass is 259 g/mol. The lowest BCUT2D eigenvalue weighted by atomic mass is 10.3. The second kappa shape index (κ2) is 3.92. The van der Waals surface area contributed by atoms with Crippen LogP contribution in [0.25, 0.3) is 15.9 Å². The van der Waals surface area contributed by atoms with Crippen molar-refractivity contribution < 1.29 is 9.90 Å². The molecular weight excluding hydrogens is 250 g/mol. The number of rotatable bonds is 2. The van der Waals surface area contributed by atoms with E-state index in [1.807, 2.05) is 17.5 Å². The van der Waals surface area contributed by atoms with Gasteiger partial charge in [0, 0.05) is 22.5 Å². The molecule has 0 aromatic carbocycles. The van der Waals surface area contributed by atoms with Crippen molar-refractivity contribution in [1.82, 2.24) is 14.8 Å². The topological polar surface area (TPSA) is 68.0 Å². The number of pyridine rings is 1. The van der Waals surface area contributed by atoms with E-state index in [1.165, 1.54) is 10.9 Å². The Bertz CT molecular complexity index is 745. The number of hydrogen-bond acceptors (Lipinski definition) is 4. The summed E-state index contributed by atoms with van der Waals surface area (Å²) in [5, 5.41) is 16.2. The lowest BCUT2D eigenvalue weighted by Crippen LogP contribution is -1.98. The van der Waals surface area contributed by atoms with E-state index in [9.17, 15) is 4.79 Å². The number of carboxylic acid groups (broad SMARTS) is 1. The van der Waals surface area contributed by atoms with E-state index in [4.69, 9.17) is 5.11 Å². The summed E-state index contributed by atoms with van der Waals surface area (Å²) < 4.78 is 2.62. The predicted octanol–water partition coefficient (Wildman–Crippen LogP) is 2.49. The SMILES string of the molecule is Cc1nn(-c2nccc3sccc23)cc1C(=O)O. The van der Waals surface area contributed by atoms with E-state index >= 15 is 0 Å². The molecule has 0 amide bonds. The van der Waals surface area contributed by atoms with Crippen LogP contribution < -0.4 is 0 Å². The third kappa shape index (κ3) is 1.58. The third-order valence-corrected chi connectivity index (χ3v) is 3.59. The van der Waals surface area contributed by atoms with Crippen LogP contribution >= 0.6 is 11.3 Å². The van der Waals surface area contributed by atoms with Gasteiger partial charge >= 0.3 is 5.97 Å². The first-order valence-corrected chi connectivity index (χ1v) is 6.17. The summed E-state index contributed by atoms with van der Waals surface area (Å²) in [5.41, 5.74) is 0.681. The van der Waals surface area contributed by atoms with Gasteiger partial charge in [-0.15, -0.1) is 11.3 Å². The van der Waals surface area contributed by atoms with Gasteiger partial charge in [0.25, 0.3) is 0 Å². The second-order valence-electron chi connectivity index (χ2n) is 3.84. The number of thiophene rings is 1. The molecule has 3 heterocycles. The second-order valence-corrected chi connectivity index (χ2v) is 4.79. The lowest BCUT2D eigenvalue weighted by molar-refractivity contribution is 0.0696. The Morgan fingerprint density at radius 3 is 3.00 bits per heavy atom. The maximum atomic E-state index is 11.0. The van der Waals surface area contributed by atoms with Gasteiger partial charge in [0.2, 0.25) is 0 Å². The van der Waals surface area contributed by atoms with E-state index in [0.717, 1.165) is 10.1 Å². The highest BCUT2D eigenvalue weighted by atomic mass is 32.1. The molecule has 0 aliphatic heterocycles. The van der Waals surface area contributed by atoms with Crippen LogP contribution in [0.3, 0.4) is 0 Å². The van der Waals surface area contributed by atoms with Crippen LogP contribution in [0.2, 0.25) is 0 Å². The van der Waals surface area contributed by atoms with Gasteiger partial charge in [-0.25, -0.2) is 14.5 Å². The molecular formula is C12H9N3O2S. The molecule has 0 spiro atoms. The zero-order chi connectivity index (χ0) is 12.7. The number of aromatic carboxylic acids is 1. The summed E-state index contributed by atoms with van der Waals surface area (Å²) in [4.78, 5) is 15.3. The van der Waals surface area contributed by atoms with Gasteiger partial charge < -0.3 is 5.11 Å². The minimum atomic E-state index is -0.976. The van der Waals surface area contributed by atoms with Crippen LogP contribution in [0.5, 0.6) is 0 Å². The fourth-order valence-electron chi connectivity index (χ4n) is 1.84. The number of fused-ring (bicyclic) bond motifs is 1. The van der Waals surface area contributed by atoms with Crippen molar-refractivity contribution in [3.63, 3.8) is 0 Å². The van der Waals surface area contributed by atoms with E-state index in [-0.39, 0.29) is 5.56 Å². The number of carboxylic acids is 1. The van der Waals surface area contributed by atoms with E-state index in [2.05, 4.69) is 10.1 Å². The minimum Gasteiger partial charge on any atom is -0.478 e. The number of hydrogen-bond donors (Lipinski definition) is 1. The standard InChI is InChI=1S/C12H9N3O2S/c1-7-9(12(16)17)6-15(14-7)11-8-3-5-18-10(8)2-4-13-11/h2-6H,1H3,(H,16,17). The highest BCUT2D eigenvalue weighted by molar-refractivity contribution is 7.17. The average Bonchev–Trinajstić information content (AvgIpc) is 2.94. The molecule has 0 atom stereocenters. The smallest absolute Gasteiger partial charge is 0.339 e. The molecule has 0 bridgehead atoms. The van der Waals surface area contributed by atoms with E-state index in [1.54, 1.807) is 24.5 Å². The van der Waals surface area contributed by atoms with E-state index < -0.39 is 5.97 Å². The van der Waals surface area contributed by atoms with Crippen molar-refractivity contribution in [3.8, 4) is 5.82 Å². The first kappa shape index (κ1) is 10.9. The Labute approximate surface area is 106 Å². The largest absolute Gasteiger partial charge is 0.478 e. The van der Waals surface area contributed by atoms with Crippen LogP contribution in [-0.4, -0.2) is 25.8 Å². The van der Waals surface area contributed by atoms with Gasteiger partial charge in [0.15, 0.2) is 5.82 Å². The zero-order valence-electron chi connectivity index (χ0n) is 9.49. The van der Waals surface area contributed by atoms with E-state index in [0.29, 0.717) is 11.5 Å². The Kier molecular flexibility index (Phi) is 2.38. The number of aromatic nitrogens is 3. The maximum absolute atomic E-state index is 11.0. The molecule has 6 heteroatoms. The molecule has 3 rings (SSSR count). The molecule has 18 heavy (non-hydrogen) atoms. The van der Waals surface area contributed by atoms with Crippen molar-refractivity contribution in [2.45, 2.75) is 6.92 Å².